The third-order valence-corrected chi connectivity index (χ3v) is 23.5. The van der Waals surface area contributed by atoms with E-state index in [1.165, 1.54) is 19.3 Å². The molecule has 0 amide bonds. The summed E-state index contributed by atoms with van der Waals surface area (Å²) in [6.07, 6.45) is 21.8. The fourth-order valence-electron chi connectivity index (χ4n) is 15.6. The Hall–Kier alpha value is -12.5. The van der Waals surface area contributed by atoms with Gasteiger partial charge < -0.3 is 78.5 Å². The van der Waals surface area contributed by atoms with Gasteiger partial charge in [-0.3, -0.25) is 19.2 Å². The molecule has 5 N–H and O–H groups in total. The quantitative estimate of drug-likeness (QED) is 0.0242. The summed E-state index contributed by atoms with van der Waals surface area (Å²) in [7, 11) is 4.01. The number of nitrogens with zero attached hydrogens (tertiary/aromatic N) is 15. The number of pyridine rings is 12. The molecule has 2 saturated carbocycles. The molecule has 0 unspecified atom stereocenters. The van der Waals surface area contributed by atoms with Crippen molar-refractivity contribution in [1.29, 1.82) is 0 Å². The standard InChI is InChI=1S/C27H37N5O2.C26H35N5O2.C25H27N5O2.C22H29N5O2/c1-5-31(6-2)13-14-34-22-11-12-25(29-18-22)30-26-16-24-20(17-28-26)15-23(19(3)4)27(33)32(24)21-9-7-8-10-21;1-5-30(6-2)12-13-33-21-10-11-24(28-17-21)29-25-15-23-19(16-27-25)14-22(18(3)4)26(32)31(23)20-8-7-9-20;1-4-30-22-15-24(28-23-11-10-20(17-27-23)32-13-12-29(2)3)26-16-19(22)14-21(25(30)31)18-8-6-5-7-9-18;1-5-27(6-2)9-10-29-17-7-8-20(24-14-17)26-21-12-19-16(13-23-21)11-18(15(3)4)22(28)25-19/h11-12,15-19,21H,5-10,13-14H2,1-4H3,(H,28,29,30);10-11,14-18,20H,5-9,12-13H2,1-4H3,(H,27,28,29);5-11,14-17H,4,12-13H2,1-3H3,(H,26,27,28);7-8,11-15H,5-6,9-10H2,1-4H3,(H,25,28)(H,23,24,26). The van der Waals surface area contributed by atoms with Crippen LogP contribution in [0.1, 0.15) is 181 Å². The Labute approximate surface area is 751 Å². The number of H-pyrrole nitrogens is 1. The van der Waals surface area contributed by atoms with E-state index in [0.717, 1.165) is 180 Å². The van der Waals surface area contributed by atoms with Crippen LogP contribution in [-0.4, -0.2) is 184 Å². The van der Waals surface area contributed by atoms with E-state index in [1.807, 2.05) is 184 Å². The molecule has 0 saturated heterocycles. The van der Waals surface area contributed by atoms with Gasteiger partial charge in [0.15, 0.2) is 0 Å². The van der Waals surface area contributed by atoms with Crippen LogP contribution < -0.4 is 62.5 Å². The van der Waals surface area contributed by atoms with E-state index < -0.39 is 0 Å². The van der Waals surface area contributed by atoms with E-state index in [1.54, 1.807) is 41.7 Å². The smallest absolute Gasteiger partial charge is 0.258 e. The maximum absolute atomic E-state index is 13.4. The highest BCUT2D eigenvalue weighted by atomic mass is 16.5. The Bertz CT molecular complexity index is 5990. The fourth-order valence-corrected chi connectivity index (χ4v) is 15.6. The molecule has 0 spiro atoms. The van der Waals surface area contributed by atoms with Crippen molar-refractivity contribution in [3.05, 3.63) is 235 Å². The SMILES string of the molecule is CCN(CC)CCOc1ccc(Nc2cc3[nH]c(=O)c(C(C)C)cc3cn2)nc1.CCN(CC)CCOc1ccc(Nc2cc3c(cn2)cc(C(C)C)c(=O)n3C2CCC2)nc1.CCN(CC)CCOc1ccc(Nc2cc3c(cn2)cc(C(C)C)c(=O)n3C2CCCC2)nc1.CCn1c(=O)c(-c2ccccc2)cc2cnc(Nc3ccc(OCCN(C)C)cn3)cc21. The molecule has 676 valence electrons. The second-order valence-electron chi connectivity index (χ2n) is 33.4. The average molecular weight is 1740 g/mol. The van der Waals surface area contributed by atoms with E-state index in [4.69, 9.17) is 18.9 Å². The fraction of sp³-hybridized carbons (Fsp3) is 0.420. The van der Waals surface area contributed by atoms with E-state index in [0.29, 0.717) is 85.1 Å². The van der Waals surface area contributed by atoms with Gasteiger partial charge >= 0.3 is 0 Å². The number of nitrogens with one attached hydrogen (secondary N) is 5. The normalized spacial score (nSPS) is 12.8. The number of aryl methyl sites for hydroxylation is 1. The maximum Gasteiger partial charge on any atom is 0.258 e. The number of fused-ring (bicyclic) bond motifs is 4. The highest BCUT2D eigenvalue weighted by Crippen LogP contribution is 2.36. The number of ether oxygens (including phenoxy) is 4. The highest BCUT2D eigenvalue weighted by Gasteiger charge is 2.27. The molecule has 0 bridgehead atoms. The van der Waals surface area contributed by atoms with Gasteiger partial charge in [0.1, 0.15) is 96.0 Å². The van der Waals surface area contributed by atoms with Crippen molar-refractivity contribution in [2.45, 2.75) is 171 Å². The second kappa shape index (κ2) is 46.3. The van der Waals surface area contributed by atoms with Crippen molar-refractivity contribution in [3.8, 4) is 34.1 Å². The lowest BCUT2D eigenvalue weighted by molar-refractivity contribution is 0.222. The molecule has 1 aromatic carbocycles. The molecule has 28 heteroatoms. The van der Waals surface area contributed by atoms with E-state index in [2.05, 4.69) is 155 Å². The molecule has 2 fully saturated rings. The number of likely N-dealkylation sites (N-methyl/N-ethyl adjacent to an activating group) is 4. The Kier molecular flexibility index (Phi) is 34.2. The summed E-state index contributed by atoms with van der Waals surface area (Å²) in [5, 5.41) is 16.8. The number of rotatable bonds is 37. The van der Waals surface area contributed by atoms with Gasteiger partial charge in [-0.05, 0) is 189 Å². The number of anilines is 8. The number of aromatic nitrogens is 12. The first-order valence-electron chi connectivity index (χ1n) is 45.5. The minimum Gasteiger partial charge on any atom is -0.491 e. The molecule has 2 aliphatic rings. The first-order valence-corrected chi connectivity index (χ1v) is 45.5. The number of benzene rings is 1. The van der Waals surface area contributed by atoms with Crippen LogP contribution in [0.25, 0.3) is 54.7 Å². The minimum absolute atomic E-state index is 0.0132. The van der Waals surface area contributed by atoms with Gasteiger partial charge in [-0.25, -0.2) is 39.9 Å². The summed E-state index contributed by atoms with van der Waals surface area (Å²) in [6, 6.07) is 40.8. The Morgan fingerprint density at radius 1 is 0.375 bits per heavy atom. The summed E-state index contributed by atoms with van der Waals surface area (Å²) < 4.78 is 28.9. The molecule has 15 rings (SSSR count). The van der Waals surface area contributed by atoms with Gasteiger partial charge in [0.05, 0.1) is 46.9 Å². The van der Waals surface area contributed by atoms with Gasteiger partial charge in [0.25, 0.3) is 22.2 Å². The third-order valence-electron chi connectivity index (χ3n) is 23.5. The Morgan fingerprint density at radius 2 is 0.719 bits per heavy atom. The second-order valence-corrected chi connectivity index (χ2v) is 33.4. The Morgan fingerprint density at radius 3 is 1.06 bits per heavy atom. The van der Waals surface area contributed by atoms with Gasteiger partial charge in [-0.1, -0.05) is 126 Å². The third kappa shape index (κ3) is 25.3. The number of hydrogen-bond donors (Lipinski definition) is 5. The van der Waals surface area contributed by atoms with Crippen LogP contribution in [-0.2, 0) is 6.54 Å². The van der Waals surface area contributed by atoms with Crippen molar-refractivity contribution >= 4 is 90.2 Å². The van der Waals surface area contributed by atoms with Crippen molar-refractivity contribution < 1.29 is 18.9 Å². The van der Waals surface area contributed by atoms with Gasteiger partial charge in [-0.2, -0.15) is 0 Å². The largest absolute Gasteiger partial charge is 0.491 e. The van der Waals surface area contributed by atoms with Gasteiger partial charge in [0.2, 0.25) is 0 Å². The van der Waals surface area contributed by atoms with Crippen molar-refractivity contribution in [2.75, 3.05) is 127 Å². The lowest BCUT2D eigenvalue weighted by atomic mass is 9.91. The predicted octanol–water partition coefficient (Wildman–Crippen LogP) is 18.7. The zero-order chi connectivity index (χ0) is 90.8. The topological polar surface area (TPSA) is 300 Å². The predicted molar refractivity (Wildman–Crippen MR) is 518 cm³/mol. The summed E-state index contributed by atoms with van der Waals surface area (Å²) >= 11 is 0. The molecule has 128 heavy (non-hydrogen) atoms. The lowest BCUT2D eigenvalue weighted by Gasteiger charge is -2.30. The number of aromatic amines is 1. The van der Waals surface area contributed by atoms with Crippen LogP contribution in [0.5, 0.6) is 23.0 Å². The number of hydrogen-bond acceptors (Lipinski definition) is 24. The maximum atomic E-state index is 13.4. The molecule has 12 heterocycles. The summed E-state index contributed by atoms with van der Waals surface area (Å²) in [6.45, 7) is 39.9. The minimum atomic E-state index is -0.0611. The van der Waals surface area contributed by atoms with Gasteiger partial charge in [0, 0.05) is 138 Å². The van der Waals surface area contributed by atoms with Crippen LogP contribution in [0.15, 0.2) is 196 Å². The van der Waals surface area contributed by atoms with Crippen molar-refractivity contribution in [2.24, 2.45) is 0 Å². The molecule has 0 radical (unpaired) electrons. The van der Waals surface area contributed by atoms with Crippen LogP contribution in [0, 0.1) is 0 Å². The highest BCUT2D eigenvalue weighted by molar-refractivity contribution is 5.87. The summed E-state index contributed by atoms with van der Waals surface area (Å²) in [5.74, 6) is 8.78. The first-order chi connectivity index (χ1) is 62.0. The molecular weight excluding hydrogens is 1610 g/mol. The lowest BCUT2D eigenvalue weighted by Crippen LogP contribution is -2.31. The first kappa shape index (κ1) is 94.6. The van der Waals surface area contributed by atoms with Crippen molar-refractivity contribution in [1.82, 2.24) is 78.2 Å². The van der Waals surface area contributed by atoms with Crippen LogP contribution in [0.2, 0.25) is 0 Å². The molecule has 0 atom stereocenters. The van der Waals surface area contributed by atoms with Gasteiger partial charge in [-0.15, -0.1) is 0 Å². The molecule has 2 aliphatic carbocycles. The van der Waals surface area contributed by atoms with E-state index >= 15 is 0 Å². The average Bonchev–Trinajstić information content (AvgIpc) is 1.70. The zero-order valence-electron chi connectivity index (χ0n) is 77.2. The molecule has 0 aliphatic heterocycles. The Balaban J connectivity index is 0.000000155. The molecule has 13 aromatic rings. The van der Waals surface area contributed by atoms with E-state index in [9.17, 15) is 19.2 Å². The molecule has 28 nitrogen and oxygen atoms in total. The monoisotopic (exact) mass is 1740 g/mol. The molecule has 12 aromatic heterocycles. The zero-order valence-corrected chi connectivity index (χ0v) is 77.2. The summed E-state index contributed by atoms with van der Waals surface area (Å²) in [4.78, 5) is 99.8. The summed E-state index contributed by atoms with van der Waals surface area (Å²) in [5.41, 5.74) is 7.70. The molecular formula is C100H128N20O8. The van der Waals surface area contributed by atoms with Crippen molar-refractivity contribution in [3.63, 3.8) is 0 Å². The van der Waals surface area contributed by atoms with Crippen LogP contribution in [0.3, 0.4) is 0 Å². The van der Waals surface area contributed by atoms with Crippen LogP contribution >= 0.6 is 0 Å². The van der Waals surface area contributed by atoms with E-state index in [-0.39, 0.29) is 52.1 Å². The van der Waals surface area contributed by atoms with Crippen LogP contribution in [0.4, 0.5) is 46.5 Å².